The fourth-order valence-electron chi connectivity index (χ4n) is 5.56. The fourth-order valence-corrected chi connectivity index (χ4v) is 6.33. The fraction of sp³-hybridized carbons (Fsp3) is 0.565. The molecule has 3 aliphatic carbocycles. The molecule has 0 spiro atoms. The number of aliphatic hydroxyl groups is 2. The van der Waals surface area contributed by atoms with Gasteiger partial charge in [0.1, 0.15) is 5.60 Å². The highest BCUT2D eigenvalue weighted by atomic mass is 79.9. The van der Waals surface area contributed by atoms with Crippen LogP contribution in [0.5, 0.6) is 0 Å². The largest absolute Gasteiger partial charge is 0.396 e. The van der Waals surface area contributed by atoms with Crippen molar-refractivity contribution < 1.29 is 10.2 Å². The van der Waals surface area contributed by atoms with Gasteiger partial charge in [-0.2, -0.15) is 0 Å². The van der Waals surface area contributed by atoms with Gasteiger partial charge in [-0.3, -0.25) is 0 Å². The summed E-state index contributed by atoms with van der Waals surface area (Å²) in [6.45, 7) is 0.0244. The van der Waals surface area contributed by atoms with E-state index in [0.717, 1.165) is 44.1 Å². The summed E-state index contributed by atoms with van der Waals surface area (Å²) in [7, 11) is 0. The molecule has 0 unspecified atom stereocenters. The molecular weight excluding hydrogens is 388 g/mol. The van der Waals surface area contributed by atoms with Crippen LogP contribution in [-0.4, -0.2) is 16.8 Å². The van der Waals surface area contributed by atoms with Crippen molar-refractivity contribution in [3.63, 3.8) is 0 Å². The zero-order valence-corrected chi connectivity index (χ0v) is 17.0. The first-order chi connectivity index (χ1) is 12.7. The van der Waals surface area contributed by atoms with Gasteiger partial charge < -0.3 is 10.2 Å². The molecule has 140 valence electrons. The summed E-state index contributed by atoms with van der Waals surface area (Å²) >= 11 is 3.83. The molecular formula is C23H29BrO2. The lowest BCUT2D eigenvalue weighted by Crippen LogP contribution is -2.48. The predicted octanol–water partition coefficient (Wildman–Crippen LogP) is 5.60. The van der Waals surface area contributed by atoms with E-state index in [1.54, 1.807) is 0 Å². The van der Waals surface area contributed by atoms with Crippen molar-refractivity contribution >= 4 is 15.9 Å². The van der Waals surface area contributed by atoms with Crippen LogP contribution in [0.4, 0.5) is 0 Å². The molecule has 0 radical (unpaired) electrons. The van der Waals surface area contributed by atoms with Crippen LogP contribution in [0.1, 0.15) is 63.4 Å². The first-order valence-electron chi connectivity index (χ1n) is 10.1. The lowest BCUT2D eigenvalue weighted by atomic mass is 9.58. The topological polar surface area (TPSA) is 40.5 Å². The Morgan fingerprint density at radius 1 is 0.962 bits per heavy atom. The minimum atomic E-state index is -1.04. The van der Waals surface area contributed by atoms with Crippen molar-refractivity contribution in [2.75, 3.05) is 6.61 Å². The van der Waals surface area contributed by atoms with E-state index >= 15 is 0 Å². The van der Waals surface area contributed by atoms with Crippen LogP contribution in [0.15, 0.2) is 51.5 Å². The summed E-state index contributed by atoms with van der Waals surface area (Å²) in [5.41, 5.74) is 4.02. The maximum absolute atomic E-state index is 12.1. The summed E-state index contributed by atoms with van der Waals surface area (Å²) < 4.78 is 1.32. The number of allylic oxidation sites excluding steroid dienone is 3. The average molecular weight is 417 g/mol. The Morgan fingerprint density at radius 3 is 2.38 bits per heavy atom. The summed E-state index contributed by atoms with van der Waals surface area (Å²) in [4.78, 5) is 0. The monoisotopic (exact) mass is 416 g/mol. The second kappa shape index (κ2) is 7.61. The summed E-state index contributed by atoms with van der Waals surface area (Å²) in [6.07, 6.45) is 10.1. The smallest absolute Gasteiger partial charge is 0.116 e. The van der Waals surface area contributed by atoms with E-state index in [2.05, 4.69) is 15.9 Å². The van der Waals surface area contributed by atoms with Gasteiger partial charge in [-0.1, -0.05) is 57.4 Å². The lowest BCUT2D eigenvalue weighted by Gasteiger charge is -2.49. The maximum atomic E-state index is 12.1. The molecule has 3 heteroatoms. The van der Waals surface area contributed by atoms with Crippen LogP contribution in [0.2, 0.25) is 0 Å². The van der Waals surface area contributed by atoms with E-state index in [1.807, 2.05) is 30.3 Å². The summed E-state index contributed by atoms with van der Waals surface area (Å²) in [6, 6.07) is 10.1. The molecule has 4 rings (SSSR count). The Labute approximate surface area is 165 Å². The van der Waals surface area contributed by atoms with Crippen molar-refractivity contribution in [1.29, 1.82) is 0 Å². The van der Waals surface area contributed by atoms with Gasteiger partial charge >= 0.3 is 0 Å². The second-order valence-corrected chi connectivity index (χ2v) is 9.12. The Hall–Kier alpha value is -0.900. The lowest BCUT2D eigenvalue weighted by molar-refractivity contribution is -0.0484. The molecule has 26 heavy (non-hydrogen) atoms. The van der Waals surface area contributed by atoms with Gasteiger partial charge in [-0.15, -0.1) is 0 Å². The van der Waals surface area contributed by atoms with Gasteiger partial charge in [0.15, 0.2) is 0 Å². The maximum Gasteiger partial charge on any atom is 0.116 e. The molecule has 3 atom stereocenters. The van der Waals surface area contributed by atoms with Crippen LogP contribution in [-0.2, 0) is 5.60 Å². The first kappa shape index (κ1) is 18.5. The first-order valence-corrected chi connectivity index (χ1v) is 10.9. The van der Waals surface area contributed by atoms with Gasteiger partial charge in [-0.25, -0.2) is 0 Å². The van der Waals surface area contributed by atoms with Crippen molar-refractivity contribution in [3.8, 4) is 0 Å². The van der Waals surface area contributed by atoms with E-state index in [9.17, 15) is 10.2 Å². The number of rotatable bonds is 3. The van der Waals surface area contributed by atoms with E-state index in [-0.39, 0.29) is 18.4 Å². The number of hydrogen-bond acceptors (Lipinski definition) is 2. The number of aliphatic hydroxyl groups excluding tert-OH is 1. The molecule has 1 aromatic carbocycles. The highest BCUT2D eigenvalue weighted by molar-refractivity contribution is 9.11. The standard InChI is InChI=1S/C23H29BrO2/c24-22-13-7-5-11-18(22)19-14-16-8-4-6-12-20(16)23(26,21(19)15-25)17-9-2-1-3-10-17/h1-3,9-10,19,21,25-26H,4-8,11-15H2/t19-,21-,23+/m0/s1. The van der Waals surface area contributed by atoms with Crippen LogP contribution in [0.25, 0.3) is 0 Å². The molecule has 0 amide bonds. The number of benzene rings is 1. The van der Waals surface area contributed by atoms with E-state index in [1.165, 1.54) is 40.5 Å². The minimum absolute atomic E-state index is 0.0244. The normalized spacial score (nSPS) is 32.6. The van der Waals surface area contributed by atoms with Crippen LogP contribution < -0.4 is 0 Å². The molecule has 3 aliphatic rings. The molecule has 2 nitrogen and oxygen atoms in total. The Bertz CT molecular complexity index is 721. The zero-order valence-electron chi connectivity index (χ0n) is 15.4. The third kappa shape index (κ3) is 3.02. The van der Waals surface area contributed by atoms with Gasteiger partial charge in [0, 0.05) is 12.5 Å². The molecule has 0 saturated heterocycles. The van der Waals surface area contributed by atoms with Gasteiger partial charge in [0.2, 0.25) is 0 Å². The zero-order chi connectivity index (χ0) is 18.1. The van der Waals surface area contributed by atoms with E-state index in [0.29, 0.717) is 0 Å². The van der Waals surface area contributed by atoms with E-state index < -0.39 is 5.60 Å². The van der Waals surface area contributed by atoms with Crippen molar-refractivity contribution in [2.24, 2.45) is 11.8 Å². The Morgan fingerprint density at radius 2 is 1.65 bits per heavy atom. The van der Waals surface area contributed by atoms with Crippen molar-refractivity contribution in [1.82, 2.24) is 0 Å². The van der Waals surface area contributed by atoms with Crippen molar-refractivity contribution in [3.05, 3.63) is 57.1 Å². The quantitative estimate of drug-likeness (QED) is 0.629. The van der Waals surface area contributed by atoms with Gasteiger partial charge in [-0.05, 0) is 79.3 Å². The molecule has 1 aromatic rings. The summed E-state index contributed by atoms with van der Waals surface area (Å²) in [5.74, 6) is 0.0686. The second-order valence-electron chi connectivity index (χ2n) is 8.16. The van der Waals surface area contributed by atoms with Crippen LogP contribution in [0.3, 0.4) is 0 Å². The highest BCUT2D eigenvalue weighted by Crippen LogP contribution is 2.55. The molecule has 2 N–H and O–H groups in total. The molecule has 0 aliphatic heterocycles. The molecule has 0 saturated carbocycles. The third-order valence-electron chi connectivity index (χ3n) is 6.83. The Balaban J connectivity index is 1.86. The number of hydrogen-bond donors (Lipinski definition) is 2. The van der Waals surface area contributed by atoms with Crippen LogP contribution >= 0.6 is 15.9 Å². The molecule has 0 fully saturated rings. The number of halogens is 1. The SMILES string of the molecule is OC[C@H]1[C@H](C2=C(Br)CCCC2)CC2=C(CCCC2)[C@]1(O)c1ccccc1. The minimum Gasteiger partial charge on any atom is -0.396 e. The third-order valence-corrected chi connectivity index (χ3v) is 7.74. The van der Waals surface area contributed by atoms with Crippen LogP contribution in [0, 0.1) is 11.8 Å². The van der Waals surface area contributed by atoms with E-state index in [4.69, 9.17) is 0 Å². The summed E-state index contributed by atoms with van der Waals surface area (Å²) in [5, 5.41) is 22.6. The Kier molecular flexibility index (Phi) is 5.41. The predicted molar refractivity (Wildman–Crippen MR) is 109 cm³/mol. The van der Waals surface area contributed by atoms with Crippen molar-refractivity contribution in [2.45, 2.75) is 63.4 Å². The average Bonchev–Trinajstić information content (AvgIpc) is 2.69. The molecule has 0 heterocycles. The van der Waals surface area contributed by atoms with Gasteiger partial charge in [0.25, 0.3) is 0 Å². The highest BCUT2D eigenvalue weighted by Gasteiger charge is 2.50. The molecule has 0 aromatic heterocycles. The molecule has 0 bridgehead atoms. The van der Waals surface area contributed by atoms with Gasteiger partial charge in [0.05, 0.1) is 0 Å².